The van der Waals surface area contributed by atoms with E-state index in [1.807, 2.05) is 24.3 Å². The Morgan fingerprint density at radius 3 is 2.35 bits per heavy atom. The van der Waals surface area contributed by atoms with Crippen molar-refractivity contribution in [3.63, 3.8) is 0 Å². The van der Waals surface area contributed by atoms with Crippen LogP contribution in [0.25, 0.3) is 0 Å². The quantitative estimate of drug-likeness (QED) is 0.683. The van der Waals surface area contributed by atoms with Crippen LogP contribution in [0.5, 0.6) is 0 Å². The average molecular weight is 264 g/mol. The van der Waals surface area contributed by atoms with E-state index in [1.165, 1.54) is 0 Å². The number of nitrogens with two attached hydrogens (primary N) is 1. The third-order valence-electron chi connectivity index (χ3n) is 2.11. The van der Waals surface area contributed by atoms with Crippen LogP contribution in [0.2, 0.25) is 0 Å². The van der Waals surface area contributed by atoms with Crippen molar-refractivity contribution in [2.24, 2.45) is 0 Å². The summed E-state index contributed by atoms with van der Waals surface area (Å²) in [7, 11) is 0. The molecule has 0 bridgehead atoms. The maximum atomic E-state index is 10.7. The maximum Gasteiger partial charge on any atom is 0.0325 e. The van der Waals surface area contributed by atoms with Crippen LogP contribution in [-0.4, -0.2) is 8.76 Å². The molecular weight excluding hydrogens is 254 g/mol. The Kier molecular flexibility index (Phi) is 3.83. The summed E-state index contributed by atoms with van der Waals surface area (Å²) in [6.07, 6.45) is 0. The van der Waals surface area contributed by atoms with Crippen molar-refractivity contribution in [3.05, 3.63) is 48.5 Å². The van der Waals surface area contributed by atoms with E-state index in [4.69, 9.17) is 5.73 Å². The van der Waals surface area contributed by atoms with Gasteiger partial charge in [0.25, 0.3) is 0 Å². The standard InChI is InChI=1S/C12H11NO2S2/c13-9-2-1-3-11(8-9)16-10-4-6-12(7-5-10)17(14)15/h1-8H,13H2,(H,14,15)/p-1. The van der Waals surface area contributed by atoms with Crippen LogP contribution in [0.3, 0.4) is 0 Å². The minimum absolute atomic E-state index is 0.293. The molecule has 0 aliphatic heterocycles. The molecule has 0 saturated carbocycles. The minimum Gasteiger partial charge on any atom is -0.768 e. The molecule has 0 fully saturated rings. The zero-order valence-corrected chi connectivity index (χ0v) is 10.5. The molecule has 2 aromatic carbocycles. The number of anilines is 1. The second-order valence-corrected chi connectivity index (χ2v) is 5.47. The van der Waals surface area contributed by atoms with Gasteiger partial charge in [-0.3, -0.25) is 4.21 Å². The van der Waals surface area contributed by atoms with E-state index in [2.05, 4.69) is 0 Å². The number of nitrogen functional groups attached to an aromatic ring is 1. The summed E-state index contributed by atoms with van der Waals surface area (Å²) in [5.41, 5.74) is 6.40. The van der Waals surface area contributed by atoms with Gasteiger partial charge in [0.05, 0.1) is 0 Å². The fraction of sp³-hybridized carbons (Fsp3) is 0. The molecule has 17 heavy (non-hydrogen) atoms. The molecule has 0 spiro atoms. The first-order valence-electron chi connectivity index (χ1n) is 4.88. The highest BCUT2D eigenvalue weighted by Crippen LogP contribution is 2.29. The summed E-state index contributed by atoms with van der Waals surface area (Å²) in [4.78, 5) is 2.30. The number of hydrogen-bond acceptors (Lipinski definition) is 4. The highest BCUT2D eigenvalue weighted by molar-refractivity contribution is 7.99. The number of benzene rings is 2. The van der Waals surface area contributed by atoms with Gasteiger partial charge < -0.3 is 10.3 Å². The first-order valence-corrected chi connectivity index (χ1v) is 6.77. The molecule has 0 amide bonds. The molecule has 88 valence electrons. The predicted molar refractivity (Wildman–Crippen MR) is 68.6 cm³/mol. The summed E-state index contributed by atoms with van der Waals surface area (Å²) in [5.74, 6) is 0. The number of rotatable bonds is 3. The molecule has 2 aromatic rings. The summed E-state index contributed by atoms with van der Waals surface area (Å²) >= 11 is -0.625. The summed E-state index contributed by atoms with van der Waals surface area (Å²) in [6, 6.07) is 14.3. The lowest BCUT2D eigenvalue weighted by molar-refractivity contribution is 0.537. The van der Waals surface area contributed by atoms with E-state index < -0.39 is 11.1 Å². The molecule has 0 aliphatic rings. The summed E-state index contributed by atoms with van der Waals surface area (Å²) in [6.45, 7) is 0. The van der Waals surface area contributed by atoms with E-state index in [0.717, 1.165) is 9.79 Å². The van der Waals surface area contributed by atoms with Crippen molar-refractivity contribution in [2.45, 2.75) is 14.7 Å². The Bertz CT molecular complexity index is 540. The molecular formula is C12H10NO2S2-. The SMILES string of the molecule is Nc1cccc(Sc2ccc(S(=O)[O-])cc2)c1. The molecule has 0 heterocycles. The van der Waals surface area contributed by atoms with Crippen LogP contribution in [0.1, 0.15) is 0 Å². The highest BCUT2D eigenvalue weighted by atomic mass is 32.2. The van der Waals surface area contributed by atoms with Crippen molar-refractivity contribution in [3.8, 4) is 0 Å². The zero-order valence-electron chi connectivity index (χ0n) is 8.83. The third kappa shape index (κ3) is 3.33. The van der Waals surface area contributed by atoms with E-state index in [9.17, 15) is 8.76 Å². The van der Waals surface area contributed by atoms with Crippen molar-refractivity contribution in [1.82, 2.24) is 0 Å². The highest BCUT2D eigenvalue weighted by Gasteiger charge is 1.98. The smallest absolute Gasteiger partial charge is 0.0325 e. The second-order valence-electron chi connectivity index (χ2n) is 3.38. The molecule has 2 rings (SSSR count). The minimum atomic E-state index is -2.17. The summed E-state index contributed by atoms with van der Waals surface area (Å²) in [5, 5.41) is 0. The fourth-order valence-electron chi connectivity index (χ4n) is 1.33. The van der Waals surface area contributed by atoms with Crippen LogP contribution in [0.15, 0.2) is 63.2 Å². The van der Waals surface area contributed by atoms with Crippen LogP contribution >= 0.6 is 11.8 Å². The molecule has 0 saturated heterocycles. The predicted octanol–water partition coefficient (Wildman–Crippen LogP) is 2.66. The van der Waals surface area contributed by atoms with Crippen molar-refractivity contribution in [1.29, 1.82) is 0 Å². The van der Waals surface area contributed by atoms with Gasteiger partial charge in [0.15, 0.2) is 0 Å². The third-order valence-corrected chi connectivity index (χ3v) is 3.76. The molecule has 1 atom stereocenters. The van der Waals surface area contributed by atoms with Gasteiger partial charge in [-0.1, -0.05) is 17.8 Å². The molecule has 5 heteroatoms. The first-order chi connectivity index (χ1) is 8.15. The Balaban J connectivity index is 2.16. The normalized spacial score (nSPS) is 12.3. The van der Waals surface area contributed by atoms with Gasteiger partial charge in [-0.15, -0.1) is 0 Å². The van der Waals surface area contributed by atoms with Gasteiger partial charge in [0.1, 0.15) is 0 Å². The van der Waals surface area contributed by atoms with E-state index in [0.29, 0.717) is 10.6 Å². The lowest BCUT2D eigenvalue weighted by atomic mass is 10.3. The monoisotopic (exact) mass is 264 g/mol. The van der Waals surface area contributed by atoms with Crippen LogP contribution in [-0.2, 0) is 11.1 Å². The van der Waals surface area contributed by atoms with Gasteiger partial charge in [-0.25, -0.2) is 0 Å². The van der Waals surface area contributed by atoms with Gasteiger partial charge in [-0.05, 0) is 53.5 Å². The molecule has 2 N–H and O–H groups in total. The van der Waals surface area contributed by atoms with Crippen molar-refractivity contribution < 1.29 is 8.76 Å². The first kappa shape index (κ1) is 12.2. The second kappa shape index (κ2) is 5.35. The lowest BCUT2D eigenvalue weighted by Crippen LogP contribution is -1.87. The molecule has 3 nitrogen and oxygen atoms in total. The Morgan fingerprint density at radius 1 is 1.06 bits per heavy atom. The molecule has 0 aromatic heterocycles. The Hall–Kier alpha value is -1.30. The van der Waals surface area contributed by atoms with Gasteiger partial charge >= 0.3 is 0 Å². The number of hydrogen-bond donors (Lipinski definition) is 1. The van der Waals surface area contributed by atoms with Crippen molar-refractivity contribution >= 4 is 28.5 Å². The topological polar surface area (TPSA) is 66.2 Å². The Morgan fingerprint density at radius 2 is 1.76 bits per heavy atom. The van der Waals surface area contributed by atoms with Crippen molar-refractivity contribution in [2.75, 3.05) is 5.73 Å². The summed E-state index contributed by atoms with van der Waals surface area (Å²) < 4.78 is 21.4. The van der Waals surface area contributed by atoms with Crippen LogP contribution in [0, 0.1) is 0 Å². The zero-order chi connectivity index (χ0) is 12.3. The largest absolute Gasteiger partial charge is 0.768 e. The average Bonchev–Trinajstić information content (AvgIpc) is 2.29. The molecule has 0 aliphatic carbocycles. The van der Waals surface area contributed by atoms with E-state index in [-0.39, 0.29) is 0 Å². The van der Waals surface area contributed by atoms with Gasteiger partial charge in [0, 0.05) is 20.4 Å². The fourth-order valence-corrected chi connectivity index (χ4v) is 2.58. The van der Waals surface area contributed by atoms with Gasteiger partial charge in [0.2, 0.25) is 0 Å². The van der Waals surface area contributed by atoms with E-state index >= 15 is 0 Å². The molecule has 0 radical (unpaired) electrons. The van der Waals surface area contributed by atoms with Gasteiger partial charge in [-0.2, -0.15) is 0 Å². The molecule has 1 unspecified atom stereocenters. The lowest BCUT2D eigenvalue weighted by Gasteiger charge is -2.06. The van der Waals surface area contributed by atoms with E-state index in [1.54, 1.807) is 36.0 Å². The maximum absolute atomic E-state index is 10.7. The van der Waals surface area contributed by atoms with Crippen LogP contribution in [0.4, 0.5) is 5.69 Å². The Labute approximate surface area is 106 Å². The van der Waals surface area contributed by atoms with Crippen LogP contribution < -0.4 is 5.73 Å².